The Hall–Kier alpha value is -0.828. The van der Waals surface area contributed by atoms with Crippen LogP contribution in [0.1, 0.15) is 10.4 Å². The van der Waals surface area contributed by atoms with Crippen molar-refractivity contribution in [2.45, 2.75) is 4.90 Å². The number of hydrogen-bond donors (Lipinski definition) is 1. The minimum Gasteiger partial charge on any atom is -0.268 e. The Kier molecular flexibility index (Phi) is 2.48. The van der Waals surface area contributed by atoms with Crippen LogP contribution in [0.15, 0.2) is 29.2 Å². The van der Waals surface area contributed by atoms with Gasteiger partial charge in [0.25, 0.3) is 15.9 Å². The SMILES string of the molecule is O=C1NS(=O)(=O)c2ccccc21.[Al]. The van der Waals surface area contributed by atoms with Gasteiger partial charge in [-0.1, -0.05) is 12.1 Å². The van der Waals surface area contributed by atoms with Gasteiger partial charge >= 0.3 is 0 Å². The maximum atomic E-state index is 11.1. The number of sulfonamides is 1. The van der Waals surface area contributed by atoms with Gasteiger partial charge in [-0.2, -0.15) is 0 Å². The molecule has 1 aliphatic rings. The minimum absolute atomic E-state index is 0. The molecule has 0 aliphatic carbocycles. The van der Waals surface area contributed by atoms with E-state index in [4.69, 9.17) is 0 Å². The van der Waals surface area contributed by atoms with Crippen molar-refractivity contribution in [3.05, 3.63) is 29.8 Å². The number of fused-ring (bicyclic) bond motifs is 1. The summed E-state index contributed by atoms with van der Waals surface area (Å²) in [7, 11) is -3.55. The van der Waals surface area contributed by atoms with Crippen LogP contribution >= 0.6 is 0 Å². The molecule has 65 valence electrons. The Morgan fingerprint density at radius 1 is 1.15 bits per heavy atom. The zero-order valence-electron chi connectivity index (χ0n) is 6.52. The predicted molar refractivity (Wildman–Crippen MR) is 46.8 cm³/mol. The second-order valence-corrected chi connectivity index (χ2v) is 4.08. The lowest BCUT2D eigenvalue weighted by Gasteiger charge is -1.91. The Morgan fingerprint density at radius 3 is 2.38 bits per heavy atom. The topological polar surface area (TPSA) is 63.2 Å². The second kappa shape index (κ2) is 3.15. The molecule has 1 aromatic rings. The molecule has 1 amide bonds. The lowest BCUT2D eigenvalue weighted by molar-refractivity contribution is 0.0985. The monoisotopic (exact) mass is 210 g/mol. The van der Waals surface area contributed by atoms with E-state index in [0.717, 1.165) is 0 Å². The highest BCUT2D eigenvalue weighted by Crippen LogP contribution is 2.20. The Labute approximate surface area is 86.1 Å². The maximum absolute atomic E-state index is 11.1. The molecular weight excluding hydrogens is 205 g/mol. The number of carbonyl (C=O) groups is 1. The first-order chi connectivity index (χ1) is 5.61. The summed E-state index contributed by atoms with van der Waals surface area (Å²) >= 11 is 0. The van der Waals surface area contributed by atoms with Gasteiger partial charge in [0, 0.05) is 17.4 Å². The molecule has 3 radical (unpaired) electrons. The Balaban J connectivity index is 0.000000845. The van der Waals surface area contributed by atoms with Gasteiger partial charge in [-0.3, -0.25) is 4.79 Å². The number of hydrogen-bond acceptors (Lipinski definition) is 3. The fourth-order valence-corrected chi connectivity index (χ4v) is 2.29. The number of carbonyl (C=O) groups excluding carboxylic acids is 1. The third-order valence-electron chi connectivity index (χ3n) is 1.65. The smallest absolute Gasteiger partial charge is 0.266 e. The molecule has 1 N–H and O–H groups in total. The van der Waals surface area contributed by atoms with Crippen molar-refractivity contribution in [3.8, 4) is 0 Å². The van der Waals surface area contributed by atoms with Crippen LogP contribution in [0.5, 0.6) is 0 Å². The van der Waals surface area contributed by atoms with E-state index in [9.17, 15) is 13.2 Å². The van der Waals surface area contributed by atoms with Crippen molar-refractivity contribution < 1.29 is 13.2 Å². The van der Waals surface area contributed by atoms with E-state index in [0.29, 0.717) is 0 Å². The van der Waals surface area contributed by atoms with Crippen LogP contribution < -0.4 is 4.72 Å². The molecular formula is C7H5AlNO3S. The molecule has 13 heavy (non-hydrogen) atoms. The third kappa shape index (κ3) is 1.48. The number of nitrogens with one attached hydrogen (secondary N) is 1. The van der Waals surface area contributed by atoms with Crippen molar-refractivity contribution in [2.24, 2.45) is 0 Å². The molecule has 2 rings (SSSR count). The summed E-state index contributed by atoms with van der Waals surface area (Å²) in [5, 5.41) is 0. The van der Waals surface area contributed by atoms with Gasteiger partial charge < -0.3 is 0 Å². The molecule has 0 saturated heterocycles. The first kappa shape index (κ1) is 10.3. The lowest BCUT2D eigenvalue weighted by atomic mass is 10.2. The summed E-state index contributed by atoms with van der Waals surface area (Å²) in [6, 6.07) is 6.09. The van der Waals surface area contributed by atoms with Crippen LogP contribution in [-0.2, 0) is 10.0 Å². The third-order valence-corrected chi connectivity index (χ3v) is 3.04. The largest absolute Gasteiger partial charge is 0.268 e. The number of rotatable bonds is 0. The van der Waals surface area contributed by atoms with Crippen LogP contribution in [0, 0.1) is 0 Å². The average molecular weight is 210 g/mol. The molecule has 0 atom stereocenters. The van der Waals surface area contributed by atoms with E-state index >= 15 is 0 Å². The highest BCUT2D eigenvalue weighted by atomic mass is 32.2. The van der Waals surface area contributed by atoms with Crippen molar-refractivity contribution >= 4 is 33.3 Å². The van der Waals surface area contributed by atoms with E-state index in [-0.39, 0.29) is 27.8 Å². The summed E-state index contributed by atoms with van der Waals surface area (Å²) in [6.45, 7) is 0. The zero-order chi connectivity index (χ0) is 8.77. The van der Waals surface area contributed by atoms with Crippen LogP contribution in [0.3, 0.4) is 0 Å². The van der Waals surface area contributed by atoms with Crippen LogP contribution in [0.4, 0.5) is 0 Å². The van der Waals surface area contributed by atoms with E-state index in [2.05, 4.69) is 0 Å². The van der Waals surface area contributed by atoms with Crippen LogP contribution in [0.25, 0.3) is 0 Å². The number of amides is 1. The summed E-state index contributed by atoms with van der Waals surface area (Å²) in [6.07, 6.45) is 0. The van der Waals surface area contributed by atoms with Crippen molar-refractivity contribution in [3.63, 3.8) is 0 Å². The molecule has 1 aromatic carbocycles. The Morgan fingerprint density at radius 2 is 1.77 bits per heavy atom. The molecule has 1 heterocycles. The van der Waals surface area contributed by atoms with E-state index < -0.39 is 15.9 Å². The maximum Gasteiger partial charge on any atom is 0.266 e. The first-order valence-corrected chi connectivity index (χ1v) is 4.76. The van der Waals surface area contributed by atoms with Gasteiger partial charge in [-0.05, 0) is 12.1 Å². The van der Waals surface area contributed by atoms with Gasteiger partial charge in [-0.25, -0.2) is 13.1 Å². The molecule has 1 aliphatic heterocycles. The molecule has 0 fully saturated rings. The van der Waals surface area contributed by atoms with Gasteiger partial charge in [0.1, 0.15) is 4.90 Å². The van der Waals surface area contributed by atoms with Crippen molar-refractivity contribution in [1.82, 2.24) is 4.72 Å². The molecule has 6 heteroatoms. The molecule has 0 spiro atoms. The highest BCUT2D eigenvalue weighted by Gasteiger charge is 2.31. The lowest BCUT2D eigenvalue weighted by Crippen LogP contribution is -2.20. The van der Waals surface area contributed by atoms with E-state index in [1.807, 2.05) is 4.72 Å². The van der Waals surface area contributed by atoms with Gasteiger partial charge in [-0.15, -0.1) is 0 Å². The second-order valence-electron chi connectivity index (χ2n) is 2.43. The van der Waals surface area contributed by atoms with Gasteiger partial charge in [0.2, 0.25) is 0 Å². The molecule has 0 unspecified atom stereocenters. The summed E-state index contributed by atoms with van der Waals surface area (Å²) in [5.74, 6) is -0.550. The summed E-state index contributed by atoms with van der Waals surface area (Å²) in [4.78, 5) is 11.1. The minimum atomic E-state index is -3.55. The van der Waals surface area contributed by atoms with Gasteiger partial charge in [0.05, 0.1) is 5.56 Å². The predicted octanol–water partition coefficient (Wildman–Crippen LogP) is -0.262. The molecule has 0 bridgehead atoms. The fourth-order valence-electron chi connectivity index (χ4n) is 1.12. The van der Waals surface area contributed by atoms with Crippen molar-refractivity contribution in [2.75, 3.05) is 0 Å². The highest BCUT2D eigenvalue weighted by molar-refractivity contribution is 7.90. The zero-order valence-corrected chi connectivity index (χ0v) is 8.49. The molecule has 0 saturated carbocycles. The van der Waals surface area contributed by atoms with Crippen molar-refractivity contribution in [1.29, 1.82) is 0 Å². The van der Waals surface area contributed by atoms with Crippen LogP contribution in [-0.4, -0.2) is 31.7 Å². The summed E-state index contributed by atoms with van der Waals surface area (Å²) in [5.41, 5.74) is 0.220. The number of benzene rings is 1. The first-order valence-electron chi connectivity index (χ1n) is 3.27. The van der Waals surface area contributed by atoms with Gasteiger partial charge in [0.15, 0.2) is 0 Å². The fraction of sp³-hybridized carbons (Fsp3) is 0. The Bertz CT molecular complexity index is 455. The quantitative estimate of drug-likeness (QED) is 0.600. The normalized spacial score (nSPS) is 17.1. The summed E-state index contributed by atoms with van der Waals surface area (Å²) < 4.78 is 24.2. The van der Waals surface area contributed by atoms with Crippen LogP contribution in [0.2, 0.25) is 0 Å². The standard InChI is InChI=1S/C7H5NO3S.Al/c9-7-5-3-1-2-4-6(5)12(10,11)8-7;/h1-4H,(H,8,9);. The molecule has 0 aromatic heterocycles. The molecule has 4 nitrogen and oxygen atoms in total. The van der Waals surface area contributed by atoms with E-state index in [1.54, 1.807) is 12.1 Å². The average Bonchev–Trinajstić information content (AvgIpc) is 2.25. The van der Waals surface area contributed by atoms with E-state index in [1.165, 1.54) is 12.1 Å².